The van der Waals surface area contributed by atoms with Crippen molar-refractivity contribution in [1.29, 1.82) is 0 Å². The molecule has 1 heterocycles. The number of carbonyl (C=O) groups excluding carboxylic acids is 1. The van der Waals surface area contributed by atoms with E-state index in [1.54, 1.807) is 12.1 Å². The molecule has 0 saturated carbocycles. The van der Waals surface area contributed by atoms with Crippen LogP contribution in [0.4, 0.5) is 11.4 Å². The molecule has 0 aromatic heterocycles. The normalized spacial score (nSPS) is 19.4. The molecule has 1 atom stereocenters. The van der Waals surface area contributed by atoms with Crippen molar-refractivity contribution in [2.75, 3.05) is 44.8 Å². The van der Waals surface area contributed by atoms with Gasteiger partial charge in [0.15, 0.2) is 0 Å². The van der Waals surface area contributed by atoms with Crippen LogP contribution in [0.15, 0.2) is 24.3 Å². The maximum atomic E-state index is 12.1. The van der Waals surface area contributed by atoms with Gasteiger partial charge in [0.25, 0.3) is 0 Å². The first-order chi connectivity index (χ1) is 9.54. The van der Waals surface area contributed by atoms with Crippen molar-refractivity contribution in [2.24, 2.45) is 0 Å². The van der Waals surface area contributed by atoms with Crippen molar-refractivity contribution < 1.29 is 4.79 Å². The number of anilines is 2. The fourth-order valence-corrected chi connectivity index (χ4v) is 2.68. The minimum Gasteiger partial charge on any atom is -0.399 e. The number of amides is 1. The molecular weight excluding hydrogens is 252 g/mol. The molecule has 5 nitrogen and oxygen atoms in total. The summed E-state index contributed by atoms with van der Waals surface area (Å²) in [5.41, 5.74) is 7.13. The van der Waals surface area contributed by atoms with Gasteiger partial charge >= 0.3 is 0 Å². The van der Waals surface area contributed by atoms with Crippen LogP contribution in [0.2, 0.25) is 0 Å². The Bertz CT molecular complexity index is 444. The number of hydrogen-bond acceptors (Lipinski definition) is 4. The van der Waals surface area contributed by atoms with Crippen LogP contribution in [0.25, 0.3) is 0 Å². The molecule has 1 unspecified atom stereocenters. The van der Waals surface area contributed by atoms with Crippen LogP contribution in [0.3, 0.4) is 0 Å². The number of nitrogens with two attached hydrogens (primary N) is 1. The molecule has 0 spiro atoms. The molecule has 1 amide bonds. The molecule has 0 bridgehead atoms. The molecule has 1 saturated heterocycles. The van der Waals surface area contributed by atoms with Crippen molar-refractivity contribution in [1.82, 2.24) is 9.80 Å². The van der Waals surface area contributed by atoms with Crippen LogP contribution in [-0.2, 0) is 4.79 Å². The molecule has 1 fully saturated rings. The maximum absolute atomic E-state index is 12.1. The van der Waals surface area contributed by atoms with Crippen molar-refractivity contribution in [3.63, 3.8) is 0 Å². The van der Waals surface area contributed by atoms with Crippen molar-refractivity contribution >= 4 is 17.3 Å². The number of likely N-dealkylation sites (N-methyl/N-ethyl adjacent to an activating group) is 1. The quantitative estimate of drug-likeness (QED) is 0.794. The van der Waals surface area contributed by atoms with Gasteiger partial charge in [0.05, 0.1) is 6.54 Å². The molecule has 0 aliphatic carbocycles. The lowest BCUT2D eigenvalue weighted by atomic mass is 10.2. The van der Waals surface area contributed by atoms with E-state index in [0.29, 0.717) is 18.3 Å². The van der Waals surface area contributed by atoms with Gasteiger partial charge in [0, 0.05) is 24.0 Å². The molecular formula is C15H24N4O. The molecule has 1 aliphatic heterocycles. The average molecular weight is 276 g/mol. The van der Waals surface area contributed by atoms with Gasteiger partial charge in [-0.25, -0.2) is 0 Å². The molecule has 110 valence electrons. The van der Waals surface area contributed by atoms with Gasteiger partial charge in [0.1, 0.15) is 0 Å². The second-order valence-electron chi connectivity index (χ2n) is 5.70. The summed E-state index contributed by atoms with van der Waals surface area (Å²) < 4.78 is 0. The Balaban J connectivity index is 1.86. The number of nitrogens with one attached hydrogen (secondary N) is 1. The SMILES string of the molecule is CN(C)CC1CCCN1CC(=O)Nc1ccc(N)cc1. The highest BCUT2D eigenvalue weighted by Gasteiger charge is 2.26. The fourth-order valence-electron chi connectivity index (χ4n) is 2.68. The standard InChI is InChI=1S/C15H24N4O/c1-18(2)10-14-4-3-9-19(14)11-15(20)17-13-7-5-12(16)6-8-13/h5-8,14H,3-4,9-11,16H2,1-2H3,(H,17,20). The summed E-state index contributed by atoms with van der Waals surface area (Å²) in [6, 6.07) is 7.73. The van der Waals surface area contributed by atoms with E-state index in [0.717, 1.165) is 18.8 Å². The van der Waals surface area contributed by atoms with Crippen molar-refractivity contribution in [3.8, 4) is 0 Å². The van der Waals surface area contributed by atoms with Crippen LogP contribution in [0.5, 0.6) is 0 Å². The second-order valence-corrected chi connectivity index (χ2v) is 5.70. The number of nitrogens with zero attached hydrogens (tertiary/aromatic N) is 2. The highest BCUT2D eigenvalue weighted by atomic mass is 16.2. The number of likely N-dealkylation sites (tertiary alicyclic amines) is 1. The summed E-state index contributed by atoms with van der Waals surface area (Å²) in [6.07, 6.45) is 2.35. The third-order valence-corrected chi connectivity index (χ3v) is 3.62. The fraction of sp³-hybridized carbons (Fsp3) is 0.533. The Morgan fingerprint density at radius 2 is 2.10 bits per heavy atom. The van der Waals surface area contributed by atoms with Crippen molar-refractivity contribution in [3.05, 3.63) is 24.3 Å². The van der Waals surface area contributed by atoms with Crippen LogP contribution >= 0.6 is 0 Å². The highest BCUT2D eigenvalue weighted by molar-refractivity contribution is 5.92. The van der Waals surface area contributed by atoms with Crippen LogP contribution < -0.4 is 11.1 Å². The van der Waals surface area contributed by atoms with Crippen molar-refractivity contribution in [2.45, 2.75) is 18.9 Å². The van der Waals surface area contributed by atoms with Gasteiger partial charge in [-0.05, 0) is 57.7 Å². The number of benzene rings is 1. The predicted octanol–water partition coefficient (Wildman–Crippen LogP) is 1.23. The zero-order chi connectivity index (χ0) is 14.5. The number of hydrogen-bond donors (Lipinski definition) is 2. The van der Waals surface area contributed by atoms with E-state index >= 15 is 0 Å². The molecule has 5 heteroatoms. The summed E-state index contributed by atoms with van der Waals surface area (Å²) in [7, 11) is 4.15. The third-order valence-electron chi connectivity index (χ3n) is 3.62. The van der Waals surface area contributed by atoms with Gasteiger partial charge in [-0.1, -0.05) is 0 Å². The first kappa shape index (κ1) is 14.8. The number of rotatable bonds is 5. The first-order valence-corrected chi connectivity index (χ1v) is 7.09. The topological polar surface area (TPSA) is 61.6 Å². The van der Waals surface area contributed by atoms with Gasteiger partial charge in [0.2, 0.25) is 5.91 Å². The van der Waals surface area contributed by atoms with E-state index in [-0.39, 0.29) is 5.91 Å². The van der Waals surface area contributed by atoms with E-state index in [9.17, 15) is 4.79 Å². The number of nitrogen functional groups attached to an aromatic ring is 1. The van der Waals surface area contributed by atoms with Crippen LogP contribution in [-0.4, -0.2) is 55.5 Å². The largest absolute Gasteiger partial charge is 0.399 e. The minimum atomic E-state index is 0.0421. The lowest BCUT2D eigenvalue weighted by Crippen LogP contribution is -2.41. The minimum absolute atomic E-state index is 0.0421. The van der Waals surface area contributed by atoms with Crippen LogP contribution in [0.1, 0.15) is 12.8 Å². The number of carbonyl (C=O) groups is 1. The Hall–Kier alpha value is -1.59. The average Bonchev–Trinajstić information content (AvgIpc) is 2.78. The van der Waals surface area contributed by atoms with Gasteiger partial charge in [-0.3, -0.25) is 9.69 Å². The monoisotopic (exact) mass is 276 g/mol. The lowest BCUT2D eigenvalue weighted by Gasteiger charge is -2.26. The summed E-state index contributed by atoms with van der Waals surface area (Å²) in [5.74, 6) is 0.0421. The summed E-state index contributed by atoms with van der Waals surface area (Å²) >= 11 is 0. The summed E-state index contributed by atoms with van der Waals surface area (Å²) in [5, 5.41) is 2.92. The molecule has 20 heavy (non-hydrogen) atoms. The third kappa shape index (κ3) is 4.21. The molecule has 3 N–H and O–H groups in total. The van der Waals surface area contributed by atoms with E-state index in [1.807, 2.05) is 12.1 Å². The molecule has 1 aromatic rings. The highest BCUT2D eigenvalue weighted by Crippen LogP contribution is 2.18. The predicted molar refractivity (Wildman–Crippen MR) is 82.6 cm³/mol. The molecule has 0 radical (unpaired) electrons. The maximum Gasteiger partial charge on any atom is 0.238 e. The first-order valence-electron chi connectivity index (χ1n) is 7.09. The Morgan fingerprint density at radius 1 is 1.40 bits per heavy atom. The van der Waals surface area contributed by atoms with E-state index in [4.69, 9.17) is 5.73 Å². The molecule has 1 aromatic carbocycles. The van der Waals surface area contributed by atoms with Gasteiger partial charge in [-0.15, -0.1) is 0 Å². The van der Waals surface area contributed by atoms with Gasteiger partial charge < -0.3 is 16.0 Å². The Labute approximate surface area is 120 Å². The van der Waals surface area contributed by atoms with Crippen LogP contribution in [0, 0.1) is 0 Å². The van der Waals surface area contributed by atoms with Gasteiger partial charge in [-0.2, -0.15) is 0 Å². The zero-order valence-corrected chi connectivity index (χ0v) is 12.3. The molecule has 2 rings (SSSR count). The summed E-state index contributed by atoms with van der Waals surface area (Å²) in [6.45, 7) is 2.48. The Kier molecular flexibility index (Phi) is 4.98. The Morgan fingerprint density at radius 3 is 2.75 bits per heavy atom. The van der Waals surface area contributed by atoms with E-state index < -0.39 is 0 Å². The zero-order valence-electron chi connectivity index (χ0n) is 12.3. The summed E-state index contributed by atoms with van der Waals surface area (Å²) in [4.78, 5) is 16.5. The second kappa shape index (κ2) is 6.72. The van der Waals surface area contributed by atoms with E-state index in [2.05, 4.69) is 29.2 Å². The lowest BCUT2D eigenvalue weighted by molar-refractivity contribution is -0.117. The molecule has 1 aliphatic rings. The smallest absolute Gasteiger partial charge is 0.238 e. The van der Waals surface area contributed by atoms with E-state index in [1.165, 1.54) is 12.8 Å².